The summed E-state index contributed by atoms with van der Waals surface area (Å²) in [5.41, 5.74) is 7.42. The van der Waals surface area contributed by atoms with Gasteiger partial charge in [0, 0.05) is 6.04 Å². The number of hydrogen-bond donors (Lipinski definition) is 1. The molecule has 0 aromatic heterocycles. The molecular formula is C14H24ClNO. The minimum Gasteiger partial charge on any atom is -0.491 e. The molecule has 0 aliphatic heterocycles. The van der Waals surface area contributed by atoms with E-state index >= 15 is 0 Å². The molecule has 0 aliphatic carbocycles. The molecule has 1 aromatic carbocycles. The number of rotatable bonds is 3. The fourth-order valence-electron chi connectivity index (χ4n) is 1.53. The summed E-state index contributed by atoms with van der Waals surface area (Å²) in [6.45, 7) is 10.5. The lowest BCUT2D eigenvalue weighted by atomic mass is 9.83. The second-order valence-corrected chi connectivity index (χ2v) is 5.58. The van der Waals surface area contributed by atoms with E-state index in [2.05, 4.69) is 20.8 Å². The smallest absolute Gasteiger partial charge is 0.119 e. The predicted octanol–water partition coefficient (Wildman–Crippen LogP) is 3.94. The summed E-state index contributed by atoms with van der Waals surface area (Å²) in [5.74, 6) is 0.903. The van der Waals surface area contributed by atoms with Crippen LogP contribution in [0.15, 0.2) is 24.3 Å². The van der Waals surface area contributed by atoms with E-state index in [4.69, 9.17) is 10.5 Å². The summed E-state index contributed by atoms with van der Waals surface area (Å²) in [6.07, 6.45) is 0.210. The van der Waals surface area contributed by atoms with Crippen LogP contribution in [0.2, 0.25) is 0 Å². The maximum absolute atomic E-state index is 6.18. The molecule has 0 saturated heterocycles. The van der Waals surface area contributed by atoms with E-state index in [1.807, 2.05) is 38.1 Å². The minimum absolute atomic E-state index is 0. The summed E-state index contributed by atoms with van der Waals surface area (Å²) >= 11 is 0. The molecule has 1 atom stereocenters. The molecule has 0 heterocycles. The van der Waals surface area contributed by atoms with Crippen molar-refractivity contribution in [1.82, 2.24) is 0 Å². The lowest BCUT2D eigenvalue weighted by Gasteiger charge is -2.27. The topological polar surface area (TPSA) is 35.2 Å². The van der Waals surface area contributed by atoms with E-state index in [0.29, 0.717) is 0 Å². The third kappa shape index (κ3) is 4.97. The van der Waals surface area contributed by atoms with Crippen LogP contribution >= 0.6 is 12.4 Å². The Hall–Kier alpha value is -0.730. The molecule has 0 radical (unpaired) electrons. The Balaban J connectivity index is 0.00000256. The summed E-state index contributed by atoms with van der Waals surface area (Å²) in [7, 11) is 0. The highest BCUT2D eigenvalue weighted by Gasteiger charge is 2.21. The van der Waals surface area contributed by atoms with E-state index < -0.39 is 0 Å². The fraction of sp³-hybridized carbons (Fsp3) is 0.571. The Labute approximate surface area is 111 Å². The van der Waals surface area contributed by atoms with Gasteiger partial charge >= 0.3 is 0 Å². The van der Waals surface area contributed by atoms with Gasteiger partial charge in [0.1, 0.15) is 5.75 Å². The van der Waals surface area contributed by atoms with Crippen molar-refractivity contribution in [3.8, 4) is 5.75 Å². The van der Waals surface area contributed by atoms with Crippen molar-refractivity contribution in [2.75, 3.05) is 0 Å². The lowest BCUT2D eigenvalue weighted by molar-refractivity contribution is 0.242. The van der Waals surface area contributed by atoms with Gasteiger partial charge < -0.3 is 10.5 Å². The van der Waals surface area contributed by atoms with Gasteiger partial charge in [-0.3, -0.25) is 0 Å². The summed E-state index contributed by atoms with van der Waals surface area (Å²) < 4.78 is 5.59. The predicted molar refractivity (Wildman–Crippen MR) is 75.8 cm³/mol. The first kappa shape index (κ1) is 16.3. The van der Waals surface area contributed by atoms with Crippen LogP contribution < -0.4 is 10.5 Å². The highest BCUT2D eigenvalue weighted by atomic mass is 35.5. The second kappa shape index (κ2) is 6.27. The van der Waals surface area contributed by atoms with E-state index in [9.17, 15) is 0 Å². The van der Waals surface area contributed by atoms with Crippen molar-refractivity contribution < 1.29 is 4.74 Å². The Morgan fingerprint density at radius 3 is 1.88 bits per heavy atom. The molecule has 2 nitrogen and oxygen atoms in total. The molecule has 1 aromatic rings. The van der Waals surface area contributed by atoms with Gasteiger partial charge in [-0.2, -0.15) is 0 Å². The average Bonchev–Trinajstić information content (AvgIpc) is 2.15. The van der Waals surface area contributed by atoms with Crippen LogP contribution in [0.3, 0.4) is 0 Å². The van der Waals surface area contributed by atoms with Gasteiger partial charge in [-0.15, -0.1) is 12.4 Å². The standard InChI is InChI=1S/C14H23NO.ClH/c1-10(2)16-12-8-6-11(7-9-12)13(15)14(3,4)5;/h6-10,13H,15H2,1-5H3;1H/t13-;/m0./s1. The fourth-order valence-corrected chi connectivity index (χ4v) is 1.53. The SMILES string of the molecule is CC(C)Oc1ccc([C@H](N)C(C)(C)C)cc1.Cl. The Morgan fingerprint density at radius 2 is 1.53 bits per heavy atom. The largest absolute Gasteiger partial charge is 0.491 e. The molecule has 17 heavy (non-hydrogen) atoms. The van der Waals surface area contributed by atoms with Crippen LogP contribution in [0.1, 0.15) is 46.2 Å². The van der Waals surface area contributed by atoms with Gasteiger partial charge in [0.2, 0.25) is 0 Å². The van der Waals surface area contributed by atoms with Crippen molar-refractivity contribution in [1.29, 1.82) is 0 Å². The first-order valence-electron chi connectivity index (χ1n) is 5.83. The van der Waals surface area contributed by atoms with Crippen LogP contribution in [-0.4, -0.2) is 6.10 Å². The highest BCUT2D eigenvalue weighted by Crippen LogP contribution is 2.31. The molecule has 1 rings (SSSR count). The normalized spacial score (nSPS) is 13.1. The van der Waals surface area contributed by atoms with Crippen LogP contribution in [0.5, 0.6) is 5.75 Å². The van der Waals surface area contributed by atoms with Crippen LogP contribution in [0, 0.1) is 5.41 Å². The molecule has 0 aliphatic rings. The lowest BCUT2D eigenvalue weighted by Crippen LogP contribution is -2.26. The van der Waals surface area contributed by atoms with E-state index in [1.165, 1.54) is 0 Å². The Morgan fingerprint density at radius 1 is 1.06 bits per heavy atom. The van der Waals surface area contributed by atoms with Gasteiger partial charge in [-0.1, -0.05) is 32.9 Å². The van der Waals surface area contributed by atoms with Gasteiger partial charge in [-0.25, -0.2) is 0 Å². The molecular weight excluding hydrogens is 234 g/mol. The third-order valence-electron chi connectivity index (χ3n) is 2.54. The molecule has 0 unspecified atom stereocenters. The van der Waals surface area contributed by atoms with E-state index in [0.717, 1.165) is 11.3 Å². The zero-order valence-electron chi connectivity index (χ0n) is 11.4. The highest BCUT2D eigenvalue weighted by molar-refractivity contribution is 5.85. The van der Waals surface area contributed by atoms with Crippen LogP contribution in [0.4, 0.5) is 0 Å². The third-order valence-corrected chi connectivity index (χ3v) is 2.54. The van der Waals surface area contributed by atoms with E-state index in [1.54, 1.807) is 0 Å². The minimum atomic E-state index is 0. The molecule has 0 fully saturated rings. The average molecular weight is 258 g/mol. The van der Waals surface area contributed by atoms with Crippen molar-refractivity contribution in [2.24, 2.45) is 11.1 Å². The van der Waals surface area contributed by atoms with Crippen LogP contribution in [0.25, 0.3) is 0 Å². The van der Waals surface area contributed by atoms with E-state index in [-0.39, 0.29) is 30.0 Å². The van der Waals surface area contributed by atoms with Gasteiger partial charge in [0.15, 0.2) is 0 Å². The van der Waals surface area contributed by atoms with Gasteiger partial charge in [0.25, 0.3) is 0 Å². The maximum Gasteiger partial charge on any atom is 0.119 e. The summed E-state index contributed by atoms with van der Waals surface area (Å²) in [5, 5.41) is 0. The summed E-state index contributed by atoms with van der Waals surface area (Å²) in [6, 6.07) is 8.13. The Bertz CT molecular complexity index is 327. The number of ether oxygens (including phenoxy) is 1. The first-order chi connectivity index (χ1) is 7.30. The Kier molecular flexibility index (Phi) is 6.00. The number of hydrogen-bond acceptors (Lipinski definition) is 2. The molecule has 0 amide bonds. The number of halogens is 1. The maximum atomic E-state index is 6.18. The number of nitrogens with two attached hydrogens (primary N) is 1. The monoisotopic (exact) mass is 257 g/mol. The molecule has 2 N–H and O–H groups in total. The van der Waals surface area contributed by atoms with Crippen molar-refractivity contribution in [3.63, 3.8) is 0 Å². The van der Waals surface area contributed by atoms with Crippen LogP contribution in [-0.2, 0) is 0 Å². The van der Waals surface area contributed by atoms with Gasteiger partial charge in [0.05, 0.1) is 6.10 Å². The van der Waals surface area contributed by atoms with Crippen molar-refractivity contribution >= 4 is 12.4 Å². The quantitative estimate of drug-likeness (QED) is 0.890. The molecule has 0 spiro atoms. The van der Waals surface area contributed by atoms with Gasteiger partial charge in [-0.05, 0) is 37.0 Å². The zero-order chi connectivity index (χ0) is 12.3. The molecule has 3 heteroatoms. The molecule has 0 saturated carbocycles. The molecule has 98 valence electrons. The van der Waals surface area contributed by atoms with Crippen molar-refractivity contribution in [3.05, 3.63) is 29.8 Å². The van der Waals surface area contributed by atoms with Crippen molar-refractivity contribution in [2.45, 2.75) is 46.8 Å². The second-order valence-electron chi connectivity index (χ2n) is 5.58. The number of benzene rings is 1. The zero-order valence-corrected chi connectivity index (χ0v) is 12.2. The first-order valence-corrected chi connectivity index (χ1v) is 5.83. The summed E-state index contributed by atoms with van der Waals surface area (Å²) in [4.78, 5) is 0. The molecule has 0 bridgehead atoms.